The average molecular weight is 856 g/mol. The third-order valence-electron chi connectivity index (χ3n) is 16.1. The van der Waals surface area contributed by atoms with E-state index in [1.165, 1.54) is 72.3 Å². The maximum absolute atomic E-state index is 3.76. The Bertz CT molecular complexity index is 3360. The monoisotopic (exact) mass is 855 g/mol. The quantitative estimate of drug-likeness (QED) is 0.154. The van der Waals surface area contributed by atoms with E-state index in [1.807, 2.05) is 6.07 Å². The second-order valence-electron chi connectivity index (χ2n) is 19.6. The molecule has 0 fully saturated rings. The van der Waals surface area contributed by atoms with Gasteiger partial charge >= 0.3 is 0 Å². The molecule has 0 aliphatic heterocycles. The van der Waals surface area contributed by atoms with Gasteiger partial charge in [0.25, 0.3) is 0 Å². The number of nitrogens with zero attached hydrogens (tertiary/aromatic N) is 1. The molecule has 1 heteroatoms. The SMILES string of the molecule is CC1(C)c2ccccc2-c2ccc(N(c3ccccc3)c3ccc(C4(c5ccc6c(c5)C(c5ccccc5)(c5ccccc5)C5(C)C=CC=CC65)c5c#cccc5-c5ccccc54)cc3)cc21. The highest BCUT2D eigenvalue weighted by molar-refractivity contribution is 5.88. The Hall–Kier alpha value is -7.92. The van der Waals surface area contributed by atoms with Crippen LogP contribution in [-0.2, 0) is 16.2 Å². The molecular weight excluding hydrogens is 807 g/mol. The number of para-hydroxylation sites is 1. The molecule has 0 saturated heterocycles. The van der Waals surface area contributed by atoms with Crippen LogP contribution in [0.2, 0.25) is 0 Å². The molecule has 0 amide bonds. The highest BCUT2D eigenvalue weighted by Crippen LogP contribution is 2.67. The summed E-state index contributed by atoms with van der Waals surface area (Å²) in [5.74, 6) is 0.183. The van der Waals surface area contributed by atoms with Crippen molar-refractivity contribution in [3.63, 3.8) is 0 Å². The van der Waals surface area contributed by atoms with Gasteiger partial charge in [-0.05, 0) is 121 Å². The fraction of sp³-hybridized carbons (Fsp3) is 0.121. The van der Waals surface area contributed by atoms with Crippen LogP contribution in [0.5, 0.6) is 0 Å². The van der Waals surface area contributed by atoms with E-state index in [-0.39, 0.29) is 16.7 Å². The molecule has 4 aliphatic carbocycles. The fourth-order valence-electron chi connectivity index (χ4n) is 13.2. The molecule has 0 heterocycles. The van der Waals surface area contributed by atoms with Gasteiger partial charge in [-0.3, -0.25) is 0 Å². The first-order chi connectivity index (χ1) is 32.9. The van der Waals surface area contributed by atoms with Gasteiger partial charge in [0, 0.05) is 39.4 Å². The van der Waals surface area contributed by atoms with Crippen molar-refractivity contribution < 1.29 is 0 Å². The lowest BCUT2D eigenvalue weighted by Crippen LogP contribution is -2.43. The first-order valence-corrected chi connectivity index (χ1v) is 23.7. The van der Waals surface area contributed by atoms with Crippen LogP contribution in [0.15, 0.2) is 237 Å². The van der Waals surface area contributed by atoms with Gasteiger partial charge in [-0.15, -0.1) is 0 Å². The van der Waals surface area contributed by atoms with Crippen LogP contribution in [0, 0.1) is 17.5 Å². The molecule has 0 radical (unpaired) electrons. The molecule has 4 aliphatic rings. The predicted molar refractivity (Wildman–Crippen MR) is 276 cm³/mol. The summed E-state index contributed by atoms with van der Waals surface area (Å²) < 4.78 is 0. The number of allylic oxidation sites excluding steroid dienone is 4. The van der Waals surface area contributed by atoms with Crippen LogP contribution in [0.4, 0.5) is 17.1 Å². The Kier molecular flexibility index (Phi) is 8.56. The molecule has 0 bridgehead atoms. The zero-order valence-electron chi connectivity index (χ0n) is 38.0. The summed E-state index contributed by atoms with van der Waals surface area (Å²) in [6.45, 7) is 7.20. The van der Waals surface area contributed by atoms with Gasteiger partial charge < -0.3 is 4.90 Å². The molecule has 0 spiro atoms. The number of benzene rings is 8. The number of hydrogen-bond acceptors (Lipinski definition) is 1. The Morgan fingerprint density at radius 3 is 1.73 bits per heavy atom. The van der Waals surface area contributed by atoms with E-state index in [4.69, 9.17) is 0 Å². The van der Waals surface area contributed by atoms with Crippen molar-refractivity contribution in [3.05, 3.63) is 304 Å². The number of rotatable bonds is 7. The average Bonchev–Trinajstić information content (AvgIpc) is 3.91. The van der Waals surface area contributed by atoms with E-state index < -0.39 is 10.8 Å². The Morgan fingerprint density at radius 1 is 0.433 bits per heavy atom. The molecule has 67 heavy (non-hydrogen) atoms. The largest absolute Gasteiger partial charge is 0.310 e. The molecule has 318 valence electrons. The Balaban J connectivity index is 1.04. The second kappa shape index (κ2) is 14.5. The van der Waals surface area contributed by atoms with Crippen molar-refractivity contribution in [2.24, 2.45) is 5.41 Å². The van der Waals surface area contributed by atoms with E-state index in [1.54, 1.807) is 0 Å². The van der Waals surface area contributed by atoms with E-state index >= 15 is 0 Å². The normalized spacial score (nSPS) is 19.0. The van der Waals surface area contributed by atoms with Crippen LogP contribution in [-0.4, -0.2) is 0 Å². The molecule has 0 aromatic heterocycles. The smallest absolute Gasteiger partial charge is 0.0792 e. The van der Waals surface area contributed by atoms with Crippen LogP contribution in [0.3, 0.4) is 0 Å². The standard InChI is InChI=1S/C66H49N/c1-63(2)57-30-16-13-27-52(57)55-41-39-51(44-61(55)63)67(49-25-11-6-12-26-49)50-37-34-45(35-38-50)65(59-32-17-14-28-53(59)54-29-15-18-33-60(54)65)48-36-40-56-58-31-19-20-42-64(58,3)66(62(56)43-48,46-21-7-4-8-22-46)47-23-9-5-10-24-47/h4-17,19-32,34-44,58H,1-3H3. The van der Waals surface area contributed by atoms with Crippen molar-refractivity contribution in [3.8, 4) is 22.3 Å². The highest BCUT2D eigenvalue weighted by Gasteiger charge is 2.61. The third kappa shape index (κ3) is 5.28. The van der Waals surface area contributed by atoms with Crippen molar-refractivity contribution in [1.82, 2.24) is 0 Å². The van der Waals surface area contributed by atoms with E-state index in [2.05, 4.69) is 268 Å². The minimum Gasteiger partial charge on any atom is -0.310 e. The van der Waals surface area contributed by atoms with Gasteiger partial charge in [0.05, 0.1) is 10.8 Å². The van der Waals surface area contributed by atoms with Crippen molar-refractivity contribution >= 4 is 17.1 Å². The summed E-state index contributed by atoms with van der Waals surface area (Å²) in [5.41, 5.74) is 19.8. The van der Waals surface area contributed by atoms with E-state index in [9.17, 15) is 0 Å². The zero-order chi connectivity index (χ0) is 45.0. The van der Waals surface area contributed by atoms with Gasteiger partial charge in [-0.2, -0.15) is 0 Å². The summed E-state index contributed by atoms with van der Waals surface area (Å²) in [4.78, 5) is 2.42. The number of fused-ring (bicyclic) bond motifs is 9. The lowest BCUT2D eigenvalue weighted by molar-refractivity contribution is 0.288. The van der Waals surface area contributed by atoms with Crippen LogP contribution >= 0.6 is 0 Å². The fourth-order valence-corrected chi connectivity index (χ4v) is 13.2. The van der Waals surface area contributed by atoms with E-state index in [0.717, 1.165) is 22.6 Å². The molecule has 3 atom stereocenters. The molecule has 13 rings (SSSR count). The van der Waals surface area contributed by atoms with Crippen LogP contribution in [0.25, 0.3) is 22.3 Å². The van der Waals surface area contributed by atoms with Gasteiger partial charge in [0.2, 0.25) is 0 Å². The zero-order valence-corrected chi connectivity index (χ0v) is 38.0. The minimum atomic E-state index is -0.683. The van der Waals surface area contributed by atoms with Gasteiger partial charge in [0.1, 0.15) is 0 Å². The molecule has 0 N–H and O–H groups in total. The molecule has 9 aromatic carbocycles. The first kappa shape index (κ1) is 39.4. The van der Waals surface area contributed by atoms with Crippen molar-refractivity contribution in [2.75, 3.05) is 4.90 Å². The minimum absolute atomic E-state index is 0.118. The topological polar surface area (TPSA) is 3.24 Å². The van der Waals surface area contributed by atoms with Gasteiger partial charge in [0.15, 0.2) is 0 Å². The maximum atomic E-state index is 3.76. The van der Waals surface area contributed by atoms with Gasteiger partial charge in [-0.1, -0.05) is 221 Å². The summed E-state index contributed by atoms with van der Waals surface area (Å²) in [5, 5.41) is 0. The Morgan fingerprint density at radius 2 is 1.01 bits per heavy atom. The number of hydrogen-bond donors (Lipinski definition) is 0. The van der Waals surface area contributed by atoms with Crippen molar-refractivity contribution in [2.45, 2.75) is 42.9 Å². The Labute approximate surface area is 395 Å². The third-order valence-corrected chi connectivity index (χ3v) is 16.1. The molecule has 3 unspecified atom stereocenters. The van der Waals surface area contributed by atoms with E-state index in [0.29, 0.717) is 0 Å². The molecule has 9 aromatic rings. The summed E-state index contributed by atoms with van der Waals surface area (Å²) in [7, 11) is 0. The van der Waals surface area contributed by atoms with Crippen molar-refractivity contribution in [1.29, 1.82) is 0 Å². The molecule has 1 nitrogen and oxygen atoms in total. The summed E-state index contributed by atoms with van der Waals surface area (Å²) in [6.07, 6.45) is 9.42. The van der Waals surface area contributed by atoms with Gasteiger partial charge in [-0.25, -0.2) is 0 Å². The lowest BCUT2D eigenvalue weighted by atomic mass is 9.54. The summed E-state index contributed by atoms with van der Waals surface area (Å²) in [6, 6.07) is 86.7. The molecular formula is C66H49N. The summed E-state index contributed by atoms with van der Waals surface area (Å²) >= 11 is 0. The second-order valence-corrected chi connectivity index (χ2v) is 19.6. The van der Waals surface area contributed by atoms with Crippen LogP contribution in [0.1, 0.15) is 82.3 Å². The maximum Gasteiger partial charge on any atom is 0.0792 e. The lowest BCUT2D eigenvalue weighted by Gasteiger charge is -2.47. The predicted octanol–water partition coefficient (Wildman–Crippen LogP) is 16.0. The first-order valence-electron chi connectivity index (χ1n) is 23.7. The van der Waals surface area contributed by atoms with Crippen LogP contribution < -0.4 is 4.90 Å². The highest BCUT2D eigenvalue weighted by atomic mass is 15.1. The molecule has 0 saturated carbocycles. The number of anilines is 3.